The standard InChI is InChI=1S/C19H18FNO4/c20-17-4-2-1-3-14(17)12-25-16-7-5-13(6-8-16)10-21-11-15(19(23)24)9-18(21)22/h1-8,15H,9-12H2,(H,23,24). The number of carbonyl (C=O) groups is 2. The molecule has 1 aliphatic rings. The Balaban J connectivity index is 1.56. The van der Waals surface area contributed by atoms with Crippen LogP contribution in [0.4, 0.5) is 4.39 Å². The molecule has 0 spiro atoms. The van der Waals surface area contributed by atoms with Gasteiger partial charge in [-0.2, -0.15) is 0 Å². The molecular weight excluding hydrogens is 325 g/mol. The lowest BCUT2D eigenvalue weighted by atomic mass is 10.1. The van der Waals surface area contributed by atoms with Crippen molar-refractivity contribution in [2.24, 2.45) is 5.92 Å². The Morgan fingerprint density at radius 1 is 1.20 bits per heavy atom. The van der Waals surface area contributed by atoms with Crippen molar-refractivity contribution >= 4 is 11.9 Å². The highest BCUT2D eigenvalue weighted by Crippen LogP contribution is 2.22. The zero-order valence-corrected chi connectivity index (χ0v) is 13.5. The Labute approximate surface area is 144 Å². The van der Waals surface area contributed by atoms with E-state index in [1.165, 1.54) is 6.07 Å². The molecule has 0 radical (unpaired) electrons. The number of benzene rings is 2. The lowest BCUT2D eigenvalue weighted by Crippen LogP contribution is -2.25. The number of likely N-dealkylation sites (tertiary alicyclic amines) is 1. The molecule has 0 saturated carbocycles. The Morgan fingerprint density at radius 2 is 1.92 bits per heavy atom. The summed E-state index contributed by atoms with van der Waals surface area (Å²) in [5.41, 5.74) is 1.37. The van der Waals surface area contributed by atoms with E-state index < -0.39 is 11.9 Å². The van der Waals surface area contributed by atoms with Crippen molar-refractivity contribution in [3.05, 3.63) is 65.5 Å². The van der Waals surface area contributed by atoms with Gasteiger partial charge in [-0.1, -0.05) is 30.3 Å². The Hall–Kier alpha value is -2.89. The molecule has 0 aliphatic carbocycles. The van der Waals surface area contributed by atoms with E-state index in [1.54, 1.807) is 35.2 Å². The number of ether oxygens (including phenoxy) is 1. The maximum absolute atomic E-state index is 13.5. The molecule has 1 saturated heterocycles. The largest absolute Gasteiger partial charge is 0.489 e. The first kappa shape index (κ1) is 17.0. The van der Waals surface area contributed by atoms with Gasteiger partial charge in [-0.05, 0) is 23.8 Å². The van der Waals surface area contributed by atoms with E-state index in [-0.39, 0.29) is 31.3 Å². The third kappa shape index (κ3) is 4.15. The zero-order chi connectivity index (χ0) is 17.8. The predicted molar refractivity (Wildman–Crippen MR) is 88.3 cm³/mol. The molecule has 1 aliphatic heterocycles. The van der Waals surface area contributed by atoms with Crippen LogP contribution in [0.5, 0.6) is 5.75 Å². The van der Waals surface area contributed by atoms with Crippen molar-refractivity contribution < 1.29 is 23.8 Å². The zero-order valence-electron chi connectivity index (χ0n) is 13.5. The van der Waals surface area contributed by atoms with Crippen molar-refractivity contribution in [2.45, 2.75) is 19.6 Å². The minimum Gasteiger partial charge on any atom is -0.489 e. The highest BCUT2D eigenvalue weighted by atomic mass is 19.1. The maximum Gasteiger partial charge on any atom is 0.308 e. The summed E-state index contributed by atoms with van der Waals surface area (Å²) in [6, 6.07) is 13.6. The van der Waals surface area contributed by atoms with Crippen LogP contribution in [-0.2, 0) is 22.7 Å². The van der Waals surface area contributed by atoms with Gasteiger partial charge in [0.05, 0.1) is 5.92 Å². The minimum atomic E-state index is -0.937. The van der Waals surface area contributed by atoms with E-state index in [0.29, 0.717) is 17.9 Å². The van der Waals surface area contributed by atoms with E-state index in [1.807, 2.05) is 12.1 Å². The van der Waals surface area contributed by atoms with Crippen molar-refractivity contribution in [1.29, 1.82) is 0 Å². The Morgan fingerprint density at radius 3 is 2.56 bits per heavy atom. The molecule has 1 N–H and O–H groups in total. The number of amides is 1. The molecule has 0 bridgehead atoms. The van der Waals surface area contributed by atoms with Crippen molar-refractivity contribution in [2.75, 3.05) is 6.54 Å². The van der Waals surface area contributed by atoms with Crippen LogP contribution in [0.25, 0.3) is 0 Å². The van der Waals surface area contributed by atoms with Gasteiger partial charge >= 0.3 is 5.97 Å². The highest BCUT2D eigenvalue weighted by molar-refractivity contribution is 5.86. The number of hydrogen-bond acceptors (Lipinski definition) is 3. The molecular formula is C19H18FNO4. The molecule has 2 aromatic rings. The normalized spacial score (nSPS) is 16.9. The molecule has 25 heavy (non-hydrogen) atoms. The first-order chi connectivity index (χ1) is 12.0. The number of carbonyl (C=O) groups excluding carboxylic acids is 1. The number of carboxylic acids is 1. The second-order valence-corrected chi connectivity index (χ2v) is 6.04. The van der Waals surface area contributed by atoms with E-state index in [4.69, 9.17) is 9.84 Å². The van der Waals surface area contributed by atoms with Gasteiger partial charge in [0, 0.05) is 25.1 Å². The number of aliphatic carboxylic acids is 1. The van der Waals surface area contributed by atoms with Gasteiger partial charge in [-0.3, -0.25) is 9.59 Å². The smallest absolute Gasteiger partial charge is 0.308 e. The Kier molecular flexibility index (Phi) is 4.97. The SMILES string of the molecule is O=C(O)C1CC(=O)N(Cc2ccc(OCc3ccccc3F)cc2)C1. The molecule has 1 unspecified atom stereocenters. The molecule has 2 aromatic carbocycles. The second-order valence-electron chi connectivity index (χ2n) is 6.04. The van der Waals surface area contributed by atoms with Gasteiger partial charge in [-0.25, -0.2) is 4.39 Å². The fourth-order valence-corrected chi connectivity index (χ4v) is 2.78. The second kappa shape index (κ2) is 7.34. The Bertz CT molecular complexity index is 775. The summed E-state index contributed by atoms with van der Waals surface area (Å²) in [5, 5.41) is 9.00. The van der Waals surface area contributed by atoms with Gasteiger partial charge in [0.1, 0.15) is 18.2 Å². The number of carboxylic acid groups (broad SMARTS) is 1. The predicted octanol–water partition coefficient (Wildman–Crippen LogP) is 2.84. The monoisotopic (exact) mass is 343 g/mol. The van der Waals surface area contributed by atoms with Crippen molar-refractivity contribution in [3.8, 4) is 5.75 Å². The fourth-order valence-electron chi connectivity index (χ4n) is 2.78. The number of nitrogens with zero attached hydrogens (tertiary/aromatic N) is 1. The number of hydrogen-bond donors (Lipinski definition) is 1. The van der Waals surface area contributed by atoms with Crippen LogP contribution >= 0.6 is 0 Å². The average Bonchev–Trinajstić information content (AvgIpc) is 2.97. The van der Waals surface area contributed by atoms with Crippen molar-refractivity contribution in [3.63, 3.8) is 0 Å². The van der Waals surface area contributed by atoms with E-state index in [9.17, 15) is 14.0 Å². The molecule has 1 heterocycles. The number of halogens is 1. The molecule has 130 valence electrons. The van der Waals surface area contributed by atoms with Gasteiger partial charge < -0.3 is 14.7 Å². The van der Waals surface area contributed by atoms with Crippen LogP contribution in [-0.4, -0.2) is 28.4 Å². The van der Waals surface area contributed by atoms with E-state index in [2.05, 4.69) is 0 Å². The summed E-state index contributed by atoms with van der Waals surface area (Å²) in [6.45, 7) is 0.743. The summed E-state index contributed by atoms with van der Waals surface area (Å²) in [5.74, 6) is -1.42. The third-order valence-electron chi connectivity index (χ3n) is 4.21. The minimum absolute atomic E-state index is 0.0547. The van der Waals surface area contributed by atoms with Crippen LogP contribution < -0.4 is 4.74 Å². The molecule has 0 aromatic heterocycles. The van der Waals surface area contributed by atoms with E-state index in [0.717, 1.165) is 5.56 Å². The fraction of sp³-hybridized carbons (Fsp3) is 0.263. The molecule has 5 nitrogen and oxygen atoms in total. The van der Waals surface area contributed by atoms with Crippen LogP contribution in [0.2, 0.25) is 0 Å². The third-order valence-corrected chi connectivity index (χ3v) is 4.21. The quantitative estimate of drug-likeness (QED) is 0.876. The summed E-state index contributed by atoms with van der Waals surface area (Å²) in [6.07, 6.45) is 0.0547. The van der Waals surface area contributed by atoms with Gasteiger partial charge in [0.25, 0.3) is 0 Å². The van der Waals surface area contributed by atoms with Gasteiger partial charge in [0.15, 0.2) is 0 Å². The summed E-state index contributed by atoms with van der Waals surface area (Å²) in [7, 11) is 0. The first-order valence-corrected chi connectivity index (χ1v) is 7.98. The van der Waals surface area contributed by atoms with E-state index >= 15 is 0 Å². The van der Waals surface area contributed by atoms with Crippen LogP contribution in [0.3, 0.4) is 0 Å². The molecule has 1 fully saturated rings. The first-order valence-electron chi connectivity index (χ1n) is 7.98. The maximum atomic E-state index is 13.5. The van der Waals surface area contributed by atoms with Gasteiger partial charge in [-0.15, -0.1) is 0 Å². The average molecular weight is 343 g/mol. The number of rotatable bonds is 6. The van der Waals surface area contributed by atoms with Crippen LogP contribution in [0, 0.1) is 11.7 Å². The lowest BCUT2D eigenvalue weighted by Gasteiger charge is -2.16. The molecule has 1 amide bonds. The molecule has 6 heteroatoms. The highest BCUT2D eigenvalue weighted by Gasteiger charge is 2.33. The van der Waals surface area contributed by atoms with Crippen LogP contribution in [0.1, 0.15) is 17.5 Å². The van der Waals surface area contributed by atoms with Gasteiger partial charge in [0.2, 0.25) is 5.91 Å². The van der Waals surface area contributed by atoms with Crippen LogP contribution in [0.15, 0.2) is 48.5 Å². The lowest BCUT2D eigenvalue weighted by molar-refractivity contribution is -0.141. The summed E-state index contributed by atoms with van der Waals surface area (Å²) < 4.78 is 19.1. The summed E-state index contributed by atoms with van der Waals surface area (Å²) in [4.78, 5) is 24.4. The molecule has 1 atom stereocenters. The summed E-state index contributed by atoms with van der Waals surface area (Å²) >= 11 is 0. The topological polar surface area (TPSA) is 66.8 Å². The van der Waals surface area contributed by atoms with Crippen molar-refractivity contribution in [1.82, 2.24) is 4.90 Å². The molecule has 3 rings (SSSR count).